The smallest absolute Gasteiger partial charge is 0.374 e. The highest BCUT2D eigenvalue weighted by Gasteiger charge is 2.43. The third-order valence-corrected chi connectivity index (χ3v) is 3.37. The molecule has 19 heavy (non-hydrogen) atoms. The van der Waals surface area contributed by atoms with Gasteiger partial charge in [0.05, 0.1) is 0 Å². The lowest BCUT2D eigenvalue weighted by atomic mass is 9.98. The molecule has 1 amide bonds. The number of hydrogen-bond acceptors (Lipinski definition) is 3. The molecule has 1 fully saturated rings. The van der Waals surface area contributed by atoms with Crippen molar-refractivity contribution in [3.8, 4) is 0 Å². The lowest BCUT2D eigenvalue weighted by Gasteiger charge is -2.24. The maximum Gasteiger partial charge on any atom is 0.374 e. The number of carboxylic acid groups (broad SMARTS) is 1. The summed E-state index contributed by atoms with van der Waals surface area (Å²) in [6.45, 7) is 2.00. The molecule has 5 nitrogen and oxygen atoms in total. The predicted molar refractivity (Wildman–Crippen MR) is 67.2 cm³/mol. The van der Waals surface area contributed by atoms with E-state index in [1.54, 1.807) is 6.92 Å². The Morgan fingerprint density at radius 3 is 2.53 bits per heavy atom. The lowest BCUT2D eigenvalue weighted by molar-refractivity contribution is -0.152. The number of nitrogens with zero attached hydrogens (tertiary/aromatic N) is 1. The number of carbonyl (C=O) groups is 3. The molecule has 100 valence electrons. The monoisotopic (exact) mass is 261 g/mol. The first kappa shape index (κ1) is 13.3. The van der Waals surface area contributed by atoms with E-state index >= 15 is 0 Å². The van der Waals surface area contributed by atoms with Crippen molar-refractivity contribution in [2.24, 2.45) is 5.92 Å². The maximum atomic E-state index is 11.9. The van der Waals surface area contributed by atoms with Gasteiger partial charge in [-0.1, -0.05) is 37.3 Å². The van der Waals surface area contributed by atoms with Crippen LogP contribution in [0.25, 0.3) is 0 Å². The summed E-state index contributed by atoms with van der Waals surface area (Å²) in [5, 5.41) is 8.84. The molecule has 1 N–H and O–H groups in total. The van der Waals surface area contributed by atoms with E-state index < -0.39 is 17.8 Å². The summed E-state index contributed by atoms with van der Waals surface area (Å²) in [4.78, 5) is 35.8. The lowest BCUT2D eigenvalue weighted by Crippen LogP contribution is -2.43. The van der Waals surface area contributed by atoms with Crippen LogP contribution in [0.3, 0.4) is 0 Å². The van der Waals surface area contributed by atoms with Crippen molar-refractivity contribution in [2.75, 3.05) is 0 Å². The van der Waals surface area contributed by atoms with Gasteiger partial charge >= 0.3 is 5.97 Å². The Balaban J connectivity index is 2.23. The zero-order valence-corrected chi connectivity index (χ0v) is 10.6. The van der Waals surface area contributed by atoms with Crippen molar-refractivity contribution in [3.05, 3.63) is 35.9 Å². The SMILES string of the molecule is CC1CC(=O)N(Cc2ccccc2)C1C(=O)C(=O)O. The van der Waals surface area contributed by atoms with Gasteiger partial charge in [-0.2, -0.15) is 0 Å². The molecule has 0 saturated carbocycles. The number of likely N-dealkylation sites (tertiary alicyclic amines) is 1. The molecular formula is C14H15NO4. The number of ketones is 1. The van der Waals surface area contributed by atoms with E-state index in [0.717, 1.165) is 5.56 Å². The van der Waals surface area contributed by atoms with Crippen molar-refractivity contribution in [1.82, 2.24) is 4.90 Å². The van der Waals surface area contributed by atoms with Gasteiger partial charge in [-0.05, 0) is 11.5 Å². The van der Waals surface area contributed by atoms with Gasteiger partial charge < -0.3 is 10.0 Å². The molecule has 0 bridgehead atoms. The van der Waals surface area contributed by atoms with Crippen LogP contribution in [0.5, 0.6) is 0 Å². The molecule has 2 rings (SSSR count). The fourth-order valence-corrected chi connectivity index (χ4v) is 2.46. The Labute approximate surface area is 110 Å². The van der Waals surface area contributed by atoms with Crippen LogP contribution >= 0.6 is 0 Å². The van der Waals surface area contributed by atoms with Crippen LogP contribution < -0.4 is 0 Å². The van der Waals surface area contributed by atoms with Crippen molar-refractivity contribution < 1.29 is 19.5 Å². The molecule has 1 heterocycles. The molecule has 1 aromatic rings. The molecule has 1 aliphatic rings. The van der Waals surface area contributed by atoms with E-state index in [4.69, 9.17) is 5.11 Å². The Morgan fingerprint density at radius 1 is 1.32 bits per heavy atom. The van der Waals surface area contributed by atoms with Crippen LogP contribution in [0.4, 0.5) is 0 Å². The average Bonchev–Trinajstić information content (AvgIpc) is 2.64. The number of rotatable bonds is 4. The zero-order chi connectivity index (χ0) is 14.0. The molecule has 1 saturated heterocycles. The number of carbonyl (C=O) groups excluding carboxylic acids is 2. The molecule has 2 atom stereocenters. The molecule has 5 heteroatoms. The van der Waals surface area contributed by atoms with Crippen molar-refractivity contribution in [3.63, 3.8) is 0 Å². The maximum absolute atomic E-state index is 11.9. The van der Waals surface area contributed by atoms with Crippen molar-refractivity contribution in [1.29, 1.82) is 0 Å². The minimum atomic E-state index is -1.48. The number of carboxylic acids is 1. The molecule has 1 aliphatic heterocycles. The van der Waals surface area contributed by atoms with E-state index in [9.17, 15) is 14.4 Å². The summed E-state index contributed by atoms with van der Waals surface area (Å²) in [7, 11) is 0. The molecule has 0 aromatic heterocycles. The van der Waals surface area contributed by atoms with E-state index in [1.165, 1.54) is 4.90 Å². The molecule has 0 spiro atoms. The molecule has 2 unspecified atom stereocenters. The fraction of sp³-hybridized carbons (Fsp3) is 0.357. The molecule has 0 aliphatic carbocycles. The van der Waals surface area contributed by atoms with Gasteiger partial charge in [0.15, 0.2) is 0 Å². The topological polar surface area (TPSA) is 74.7 Å². The standard InChI is InChI=1S/C14H15NO4/c1-9-7-11(16)15(12(9)13(17)14(18)19)8-10-5-3-2-4-6-10/h2-6,9,12H,7-8H2,1H3,(H,18,19). The number of amides is 1. The molecular weight excluding hydrogens is 246 g/mol. The normalized spacial score (nSPS) is 22.6. The van der Waals surface area contributed by atoms with Gasteiger partial charge in [-0.3, -0.25) is 9.59 Å². The Bertz CT molecular complexity index is 511. The van der Waals surface area contributed by atoms with Gasteiger partial charge in [0.25, 0.3) is 5.78 Å². The van der Waals surface area contributed by atoms with Crippen molar-refractivity contribution in [2.45, 2.75) is 25.9 Å². The number of Topliss-reactive ketones (excluding diaryl/α,β-unsaturated/α-hetero) is 1. The van der Waals surface area contributed by atoms with Crippen LogP contribution in [0.2, 0.25) is 0 Å². The summed E-state index contributed by atoms with van der Waals surface area (Å²) in [5.74, 6) is -2.82. The Hall–Kier alpha value is -2.17. The van der Waals surface area contributed by atoms with Gasteiger partial charge in [-0.15, -0.1) is 0 Å². The Morgan fingerprint density at radius 2 is 1.95 bits per heavy atom. The van der Waals surface area contributed by atoms with E-state index in [1.807, 2.05) is 30.3 Å². The zero-order valence-electron chi connectivity index (χ0n) is 10.6. The number of aliphatic carboxylic acids is 1. The molecule has 1 aromatic carbocycles. The second-order valence-corrected chi connectivity index (χ2v) is 4.80. The molecule has 0 radical (unpaired) electrons. The van der Waals surface area contributed by atoms with Crippen LogP contribution in [0.1, 0.15) is 18.9 Å². The van der Waals surface area contributed by atoms with Gasteiger partial charge in [0.2, 0.25) is 5.91 Å². The first-order valence-electron chi connectivity index (χ1n) is 6.11. The summed E-state index contributed by atoms with van der Waals surface area (Å²) >= 11 is 0. The third kappa shape index (κ3) is 2.65. The van der Waals surface area contributed by atoms with Crippen LogP contribution in [-0.2, 0) is 20.9 Å². The van der Waals surface area contributed by atoms with E-state index in [0.29, 0.717) is 0 Å². The minimum Gasteiger partial charge on any atom is -0.475 e. The predicted octanol–water partition coefficient (Wildman–Crippen LogP) is 1.08. The summed E-state index contributed by atoms with van der Waals surface area (Å²) in [6.07, 6.45) is 0.219. The quantitative estimate of drug-likeness (QED) is 0.823. The van der Waals surface area contributed by atoms with E-state index in [2.05, 4.69) is 0 Å². The third-order valence-electron chi connectivity index (χ3n) is 3.37. The first-order chi connectivity index (χ1) is 9.00. The average molecular weight is 261 g/mol. The van der Waals surface area contributed by atoms with Gasteiger partial charge in [0, 0.05) is 13.0 Å². The number of benzene rings is 1. The highest BCUT2D eigenvalue weighted by Crippen LogP contribution is 2.27. The van der Waals surface area contributed by atoms with Gasteiger partial charge in [-0.25, -0.2) is 4.79 Å². The second kappa shape index (κ2) is 5.22. The van der Waals surface area contributed by atoms with Crippen LogP contribution in [0.15, 0.2) is 30.3 Å². The van der Waals surface area contributed by atoms with Crippen LogP contribution in [-0.4, -0.2) is 33.7 Å². The highest BCUT2D eigenvalue weighted by molar-refractivity contribution is 6.35. The summed E-state index contributed by atoms with van der Waals surface area (Å²) in [6, 6.07) is 8.38. The summed E-state index contributed by atoms with van der Waals surface area (Å²) < 4.78 is 0. The number of hydrogen-bond donors (Lipinski definition) is 1. The largest absolute Gasteiger partial charge is 0.475 e. The first-order valence-corrected chi connectivity index (χ1v) is 6.11. The second-order valence-electron chi connectivity index (χ2n) is 4.80. The van der Waals surface area contributed by atoms with Crippen molar-refractivity contribution >= 4 is 17.7 Å². The summed E-state index contributed by atoms with van der Waals surface area (Å²) in [5.41, 5.74) is 0.883. The Kier molecular flexibility index (Phi) is 3.64. The minimum absolute atomic E-state index is 0.170. The fourth-order valence-electron chi connectivity index (χ4n) is 2.46. The van der Waals surface area contributed by atoms with Crippen LogP contribution in [0, 0.1) is 5.92 Å². The van der Waals surface area contributed by atoms with E-state index in [-0.39, 0.29) is 24.8 Å². The highest BCUT2D eigenvalue weighted by atomic mass is 16.4. The van der Waals surface area contributed by atoms with Gasteiger partial charge in [0.1, 0.15) is 6.04 Å².